The van der Waals surface area contributed by atoms with Crippen LogP contribution in [0.15, 0.2) is 63.8 Å². The van der Waals surface area contributed by atoms with E-state index in [1.54, 1.807) is 18.2 Å². The first-order valence-electron chi connectivity index (χ1n) is 10.7. The Labute approximate surface area is 176 Å². The Balaban J connectivity index is 1.50. The third kappa shape index (κ3) is 4.73. The van der Waals surface area contributed by atoms with Gasteiger partial charge < -0.3 is 14.5 Å². The minimum absolute atomic E-state index is 0.0374. The van der Waals surface area contributed by atoms with Crippen LogP contribution in [0.2, 0.25) is 0 Å². The normalized spacial score (nSPS) is 15.6. The number of hydrogen-bond donors (Lipinski definition) is 1. The van der Waals surface area contributed by atoms with Crippen LogP contribution in [0.3, 0.4) is 0 Å². The van der Waals surface area contributed by atoms with Crippen molar-refractivity contribution in [1.82, 2.24) is 5.32 Å². The van der Waals surface area contributed by atoms with Crippen molar-refractivity contribution in [3.63, 3.8) is 0 Å². The van der Waals surface area contributed by atoms with Gasteiger partial charge in [-0.2, -0.15) is 0 Å². The molecule has 0 bridgehead atoms. The number of ether oxygens (including phenoxy) is 1. The Hall–Kier alpha value is -3.08. The molecule has 3 aromatic rings. The van der Waals surface area contributed by atoms with Crippen LogP contribution >= 0.6 is 0 Å². The van der Waals surface area contributed by atoms with Gasteiger partial charge in [-0.15, -0.1) is 0 Å². The van der Waals surface area contributed by atoms with Crippen LogP contribution in [0, 0.1) is 5.92 Å². The van der Waals surface area contributed by atoms with Crippen LogP contribution in [0.5, 0.6) is 5.75 Å². The Morgan fingerprint density at radius 2 is 1.87 bits per heavy atom. The lowest BCUT2D eigenvalue weighted by Crippen LogP contribution is -2.39. The van der Waals surface area contributed by atoms with E-state index >= 15 is 0 Å². The van der Waals surface area contributed by atoms with Gasteiger partial charge in [0, 0.05) is 18.2 Å². The summed E-state index contributed by atoms with van der Waals surface area (Å²) in [5.74, 6) is 0.758. The lowest BCUT2D eigenvalue weighted by Gasteiger charge is -2.28. The fourth-order valence-corrected chi connectivity index (χ4v) is 4.11. The lowest BCUT2D eigenvalue weighted by atomic mass is 9.84. The molecule has 4 rings (SSSR count). The molecule has 1 saturated carbocycles. The molecule has 0 aliphatic heterocycles. The lowest BCUT2D eigenvalue weighted by molar-refractivity contribution is 0.0891. The minimum atomic E-state index is -0.345. The second-order valence-corrected chi connectivity index (χ2v) is 8.07. The monoisotopic (exact) mass is 405 g/mol. The Kier molecular flexibility index (Phi) is 6.17. The van der Waals surface area contributed by atoms with Crippen LogP contribution in [0.25, 0.3) is 11.0 Å². The maximum Gasteiger partial charge on any atom is 0.287 e. The molecular weight excluding hydrogens is 378 g/mol. The molecule has 1 heterocycles. The van der Waals surface area contributed by atoms with E-state index in [9.17, 15) is 9.59 Å². The first kappa shape index (κ1) is 20.2. The Morgan fingerprint density at radius 3 is 2.63 bits per heavy atom. The summed E-state index contributed by atoms with van der Waals surface area (Å²) in [5.41, 5.74) is 1.16. The van der Waals surface area contributed by atoms with Gasteiger partial charge in [-0.25, -0.2) is 0 Å². The van der Waals surface area contributed by atoms with Crippen LogP contribution in [0.1, 0.15) is 55.1 Å². The zero-order valence-electron chi connectivity index (χ0n) is 17.2. The number of nitrogens with one attached hydrogen (secondary N) is 1. The van der Waals surface area contributed by atoms with Gasteiger partial charge in [0.25, 0.3) is 5.91 Å². The number of amides is 1. The van der Waals surface area contributed by atoms with E-state index in [0.29, 0.717) is 29.2 Å². The first-order valence-corrected chi connectivity index (χ1v) is 10.7. The second kappa shape index (κ2) is 9.16. The molecule has 1 fully saturated rings. The summed E-state index contributed by atoms with van der Waals surface area (Å²) in [6, 6.07) is 16.2. The predicted octanol–water partition coefficient (Wildman–Crippen LogP) is 5.07. The molecule has 0 radical (unpaired) electrons. The number of hydrogen-bond acceptors (Lipinski definition) is 4. The Bertz CT molecular complexity index is 1070. The van der Waals surface area contributed by atoms with E-state index in [0.717, 1.165) is 18.4 Å². The second-order valence-electron chi connectivity index (χ2n) is 8.07. The van der Waals surface area contributed by atoms with Crippen molar-refractivity contribution in [1.29, 1.82) is 0 Å². The van der Waals surface area contributed by atoms with Crippen LogP contribution in [-0.2, 0) is 6.61 Å². The molecule has 1 amide bonds. The van der Waals surface area contributed by atoms with Crippen molar-refractivity contribution in [3.8, 4) is 5.75 Å². The van der Waals surface area contributed by atoms with Crippen molar-refractivity contribution >= 4 is 16.9 Å². The highest BCUT2D eigenvalue weighted by Crippen LogP contribution is 2.26. The third-order valence-electron chi connectivity index (χ3n) is 5.89. The molecule has 0 spiro atoms. The first-order chi connectivity index (χ1) is 14.6. The van der Waals surface area contributed by atoms with E-state index in [-0.39, 0.29) is 23.1 Å². The minimum Gasteiger partial charge on any atom is -0.489 e. The topological polar surface area (TPSA) is 68.5 Å². The molecule has 5 heteroatoms. The fraction of sp³-hybridized carbons (Fsp3) is 0.360. The predicted molar refractivity (Wildman–Crippen MR) is 117 cm³/mol. The summed E-state index contributed by atoms with van der Waals surface area (Å²) in [7, 11) is 0. The molecule has 1 N–H and O–H groups in total. The average Bonchev–Trinajstić information content (AvgIpc) is 2.78. The van der Waals surface area contributed by atoms with Gasteiger partial charge in [-0.05, 0) is 43.4 Å². The van der Waals surface area contributed by atoms with Crippen LogP contribution in [0.4, 0.5) is 0 Å². The number of carbonyl (C=O) groups is 1. The molecule has 1 aliphatic carbocycles. The van der Waals surface area contributed by atoms with E-state index in [1.807, 2.05) is 37.3 Å². The summed E-state index contributed by atoms with van der Waals surface area (Å²) in [4.78, 5) is 25.2. The summed E-state index contributed by atoms with van der Waals surface area (Å²) in [6.45, 7) is 2.44. The molecule has 1 atom stereocenters. The molecule has 1 aromatic heterocycles. The van der Waals surface area contributed by atoms with Crippen molar-refractivity contribution < 1.29 is 13.9 Å². The maximum absolute atomic E-state index is 12.7. The number of fused-ring (bicyclic) bond motifs is 1. The third-order valence-corrected chi connectivity index (χ3v) is 5.89. The smallest absolute Gasteiger partial charge is 0.287 e. The highest BCUT2D eigenvalue weighted by molar-refractivity contribution is 5.93. The van der Waals surface area contributed by atoms with E-state index in [4.69, 9.17) is 9.15 Å². The summed E-state index contributed by atoms with van der Waals surface area (Å²) >= 11 is 0. The summed E-state index contributed by atoms with van der Waals surface area (Å²) in [5, 5.41) is 3.45. The van der Waals surface area contributed by atoms with Crippen molar-refractivity contribution in [2.75, 3.05) is 0 Å². The molecular formula is C25H27NO4. The number of benzene rings is 2. The van der Waals surface area contributed by atoms with Gasteiger partial charge in [-0.1, -0.05) is 49.6 Å². The van der Waals surface area contributed by atoms with E-state index < -0.39 is 0 Å². The van der Waals surface area contributed by atoms with Gasteiger partial charge >= 0.3 is 0 Å². The Morgan fingerprint density at radius 1 is 1.10 bits per heavy atom. The highest BCUT2D eigenvalue weighted by Gasteiger charge is 2.23. The van der Waals surface area contributed by atoms with Crippen LogP contribution < -0.4 is 15.5 Å². The van der Waals surface area contributed by atoms with Crippen LogP contribution in [-0.4, -0.2) is 11.9 Å². The van der Waals surface area contributed by atoms with Crippen molar-refractivity contribution in [2.24, 2.45) is 5.92 Å². The van der Waals surface area contributed by atoms with Gasteiger partial charge in [0.05, 0.1) is 5.39 Å². The standard InChI is InChI=1S/C25H27NO4/c1-17(19-10-6-3-7-11-19)26-25(28)24-15-22(27)21-13-12-20(14-23(21)30-24)29-16-18-8-4-2-5-9-18/h2,4-5,8-9,12-15,17,19H,3,6-7,10-11,16H2,1H3,(H,26,28)/t17-/m0/s1. The van der Waals surface area contributed by atoms with Gasteiger partial charge in [0.15, 0.2) is 11.2 Å². The van der Waals surface area contributed by atoms with Gasteiger partial charge in [0.1, 0.15) is 17.9 Å². The zero-order chi connectivity index (χ0) is 20.9. The van der Waals surface area contributed by atoms with Crippen molar-refractivity contribution in [2.45, 2.75) is 51.7 Å². The van der Waals surface area contributed by atoms with Gasteiger partial charge in [-0.3, -0.25) is 9.59 Å². The largest absolute Gasteiger partial charge is 0.489 e. The van der Waals surface area contributed by atoms with Gasteiger partial charge in [0.2, 0.25) is 0 Å². The maximum atomic E-state index is 12.7. The average molecular weight is 405 g/mol. The van der Waals surface area contributed by atoms with E-state index in [2.05, 4.69) is 5.32 Å². The number of carbonyl (C=O) groups excluding carboxylic acids is 1. The summed E-state index contributed by atoms with van der Waals surface area (Å²) < 4.78 is 11.6. The molecule has 0 saturated heterocycles. The molecule has 30 heavy (non-hydrogen) atoms. The fourth-order valence-electron chi connectivity index (χ4n) is 4.11. The highest BCUT2D eigenvalue weighted by atomic mass is 16.5. The molecule has 5 nitrogen and oxygen atoms in total. The molecule has 0 unspecified atom stereocenters. The molecule has 2 aromatic carbocycles. The number of rotatable bonds is 6. The molecule has 1 aliphatic rings. The SMILES string of the molecule is C[C@H](NC(=O)c1cc(=O)c2ccc(OCc3ccccc3)cc2o1)C1CCCCC1. The summed E-state index contributed by atoms with van der Waals surface area (Å²) in [6.07, 6.45) is 5.95. The molecule has 156 valence electrons. The van der Waals surface area contributed by atoms with E-state index in [1.165, 1.54) is 25.3 Å². The zero-order valence-corrected chi connectivity index (χ0v) is 17.2. The van der Waals surface area contributed by atoms with Crippen molar-refractivity contribution in [3.05, 3.63) is 76.1 Å². The quantitative estimate of drug-likeness (QED) is 0.622.